The Morgan fingerprint density at radius 2 is 2.57 bits per heavy atom. The van der Waals surface area contributed by atoms with Crippen molar-refractivity contribution in [2.45, 2.75) is 0 Å². The van der Waals surface area contributed by atoms with Gasteiger partial charge in [0.2, 0.25) is 0 Å². The van der Waals surface area contributed by atoms with Gasteiger partial charge in [-0.1, -0.05) is 0 Å². The second-order valence-electron chi connectivity index (χ2n) is 1.06. The van der Waals surface area contributed by atoms with Gasteiger partial charge < -0.3 is 0 Å². The molecule has 0 bridgehead atoms. The maximum atomic E-state index is 3.79. The molecule has 0 aliphatic rings. The minimum atomic E-state index is 1.50. The van der Waals surface area contributed by atoms with Crippen molar-refractivity contribution in [3.8, 4) is 0 Å². The molecule has 3 nitrogen and oxygen atoms in total. The van der Waals surface area contributed by atoms with Gasteiger partial charge in [0, 0.05) is 9.85 Å². The smallest absolute Gasteiger partial charge is 0.138 e. The van der Waals surface area contributed by atoms with Gasteiger partial charge in [-0.25, -0.2) is 9.67 Å². The van der Waals surface area contributed by atoms with Crippen molar-refractivity contribution in [3.63, 3.8) is 0 Å². The first kappa shape index (κ1) is 4.39. The highest BCUT2D eigenvalue weighted by atomic mass is 28.1. The van der Waals surface area contributed by atoms with Crippen LogP contribution in [-0.4, -0.2) is 30.4 Å². The monoisotopic (exact) mass is 111 g/mol. The van der Waals surface area contributed by atoms with E-state index in [4.69, 9.17) is 0 Å². The number of nitrogens with zero attached hydrogens (tertiary/aromatic N) is 3. The number of rotatable bonds is 1. The largest absolute Gasteiger partial charge is 0.234 e. The van der Waals surface area contributed by atoms with Crippen LogP contribution in [0.15, 0.2) is 12.7 Å². The lowest BCUT2D eigenvalue weighted by atomic mass is 11.2. The summed E-state index contributed by atoms with van der Waals surface area (Å²) in [6.45, 7) is 0. The van der Waals surface area contributed by atoms with Gasteiger partial charge in [-0.05, 0) is 5.80 Å². The SMILES string of the molecule is [SiH2]=Cn1cncn1. The van der Waals surface area contributed by atoms with E-state index in [1.807, 2.05) is 5.80 Å². The van der Waals surface area contributed by atoms with Gasteiger partial charge >= 0.3 is 0 Å². The van der Waals surface area contributed by atoms with Crippen LogP contribution in [0.25, 0.3) is 0 Å². The molecule has 0 radical (unpaired) electrons. The third-order valence-corrected chi connectivity index (χ3v) is 0.998. The summed E-state index contributed by atoms with van der Waals surface area (Å²) in [5.41, 5.74) is 0. The molecule has 4 heteroatoms. The van der Waals surface area contributed by atoms with Gasteiger partial charge in [0.15, 0.2) is 0 Å². The molecule has 1 aromatic heterocycles. The molecule has 0 N–H and O–H groups in total. The summed E-state index contributed by atoms with van der Waals surface area (Å²) in [6.07, 6.45) is 3.15. The Morgan fingerprint density at radius 1 is 1.71 bits per heavy atom. The van der Waals surface area contributed by atoms with E-state index in [-0.39, 0.29) is 0 Å². The average Bonchev–Trinajstić information content (AvgIpc) is 2.14. The molecule has 1 rings (SSSR count). The van der Waals surface area contributed by atoms with E-state index >= 15 is 0 Å². The third kappa shape index (κ3) is 0.804. The Balaban J connectivity index is 2.96. The Bertz CT molecular complexity index is 145. The Hall–Kier alpha value is -0.773. The lowest BCUT2D eigenvalue weighted by molar-refractivity contribution is 0.968. The zero-order valence-electron chi connectivity index (χ0n) is 3.78. The van der Waals surface area contributed by atoms with E-state index in [1.54, 1.807) is 20.9 Å². The molecule has 1 heterocycles. The predicted molar refractivity (Wildman–Crippen MR) is 30.0 cm³/mol. The molecule has 0 spiro atoms. The molecule has 36 valence electrons. The molecule has 0 atom stereocenters. The van der Waals surface area contributed by atoms with Gasteiger partial charge in [0.1, 0.15) is 12.7 Å². The molecular formula is C3H5N3Si. The molecule has 0 aliphatic heterocycles. The van der Waals surface area contributed by atoms with Crippen LogP contribution in [0.3, 0.4) is 0 Å². The molecule has 0 saturated heterocycles. The van der Waals surface area contributed by atoms with E-state index in [0.717, 1.165) is 0 Å². The third-order valence-electron chi connectivity index (χ3n) is 0.624. The number of aromatic nitrogens is 3. The molecule has 0 saturated carbocycles. The fraction of sp³-hybridized carbons (Fsp3) is 0. The standard InChI is InChI=1S/C3H5N3Si/c7-3-6-2-4-1-5-6/h1-3H,7H2. The molecule has 0 fully saturated rings. The van der Waals surface area contributed by atoms with Crippen molar-refractivity contribution in [1.29, 1.82) is 0 Å². The summed E-state index contributed by atoms with van der Waals surface area (Å²) >= 11 is 0. The summed E-state index contributed by atoms with van der Waals surface area (Å²) < 4.78 is 1.65. The van der Waals surface area contributed by atoms with E-state index < -0.39 is 0 Å². The van der Waals surface area contributed by atoms with Crippen LogP contribution in [0, 0.1) is 0 Å². The summed E-state index contributed by atoms with van der Waals surface area (Å²) in [5, 5.41) is 3.79. The minimum Gasteiger partial charge on any atom is -0.234 e. The molecule has 0 amide bonds. The molecule has 0 aliphatic carbocycles. The first-order valence-electron chi connectivity index (χ1n) is 1.90. The maximum Gasteiger partial charge on any atom is 0.138 e. The minimum absolute atomic E-state index is 1.50. The van der Waals surface area contributed by atoms with Crippen molar-refractivity contribution in [2.24, 2.45) is 0 Å². The van der Waals surface area contributed by atoms with Crippen LogP contribution in [0.4, 0.5) is 0 Å². The van der Waals surface area contributed by atoms with Gasteiger partial charge in [-0.15, -0.1) is 0 Å². The zero-order chi connectivity index (χ0) is 5.11. The first-order valence-corrected chi connectivity index (χ1v) is 2.72. The fourth-order valence-corrected chi connectivity index (χ4v) is 0.500. The summed E-state index contributed by atoms with van der Waals surface area (Å²) in [6, 6.07) is 0. The van der Waals surface area contributed by atoms with Crippen molar-refractivity contribution >= 4 is 15.7 Å². The topological polar surface area (TPSA) is 30.7 Å². The quantitative estimate of drug-likeness (QED) is 0.414. The Kier molecular flexibility index (Phi) is 1.12. The molecule has 0 unspecified atom stereocenters. The highest BCUT2D eigenvalue weighted by molar-refractivity contribution is 6.26. The Morgan fingerprint density at radius 3 is 2.86 bits per heavy atom. The number of hydrogen-bond acceptors (Lipinski definition) is 2. The lowest BCUT2D eigenvalue weighted by Gasteiger charge is -1.79. The van der Waals surface area contributed by atoms with E-state index in [1.165, 1.54) is 6.33 Å². The Labute approximate surface area is 44.0 Å². The molecular weight excluding hydrogens is 106 g/mol. The van der Waals surface area contributed by atoms with Crippen LogP contribution in [0.5, 0.6) is 0 Å². The maximum absolute atomic E-state index is 3.79. The molecule has 1 aromatic rings. The van der Waals surface area contributed by atoms with Crippen molar-refractivity contribution in [3.05, 3.63) is 12.7 Å². The van der Waals surface area contributed by atoms with Gasteiger partial charge in [0.05, 0.1) is 0 Å². The van der Waals surface area contributed by atoms with Gasteiger partial charge in [0.25, 0.3) is 0 Å². The van der Waals surface area contributed by atoms with Gasteiger partial charge in [-0.3, -0.25) is 0 Å². The lowest BCUT2D eigenvalue weighted by Crippen LogP contribution is -1.93. The van der Waals surface area contributed by atoms with Crippen LogP contribution >= 0.6 is 0 Å². The summed E-state index contributed by atoms with van der Waals surface area (Å²) in [4.78, 5) is 3.72. The first-order chi connectivity index (χ1) is 3.43. The fourth-order valence-electron chi connectivity index (χ4n) is 0.312. The van der Waals surface area contributed by atoms with E-state index in [2.05, 4.69) is 10.1 Å². The normalized spacial score (nSPS) is 8.57. The second kappa shape index (κ2) is 1.79. The number of hydrogen-bond donors (Lipinski definition) is 0. The molecule has 7 heavy (non-hydrogen) atoms. The van der Waals surface area contributed by atoms with Crippen LogP contribution in [-0.2, 0) is 0 Å². The predicted octanol–water partition coefficient (Wildman–Crippen LogP) is -1.48. The zero-order valence-corrected chi connectivity index (χ0v) is 5.20. The average molecular weight is 111 g/mol. The second-order valence-corrected chi connectivity index (χ2v) is 1.42. The van der Waals surface area contributed by atoms with E-state index in [0.29, 0.717) is 0 Å². The van der Waals surface area contributed by atoms with Crippen LogP contribution in [0.2, 0.25) is 0 Å². The van der Waals surface area contributed by atoms with Crippen LogP contribution < -0.4 is 0 Å². The summed E-state index contributed by atoms with van der Waals surface area (Å²) in [5.74, 6) is 1.85. The van der Waals surface area contributed by atoms with E-state index in [9.17, 15) is 0 Å². The van der Waals surface area contributed by atoms with Gasteiger partial charge in [-0.2, -0.15) is 5.10 Å². The summed E-state index contributed by atoms with van der Waals surface area (Å²) in [7, 11) is 1.72. The highest BCUT2D eigenvalue weighted by Crippen LogP contribution is 1.65. The molecule has 0 aromatic carbocycles. The highest BCUT2D eigenvalue weighted by Gasteiger charge is 1.74. The van der Waals surface area contributed by atoms with Crippen molar-refractivity contribution in [1.82, 2.24) is 14.8 Å². The van der Waals surface area contributed by atoms with Crippen molar-refractivity contribution in [2.75, 3.05) is 0 Å². The van der Waals surface area contributed by atoms with Crippen LogP contribution in [0.1, 0.15) is 0 Å². The van der Waals surface area contributed by atoms with Crippen molar-refractivity contribution < 1.29 is 0 Å².